The van der Waals surface area contributed by atoms with Crippen molar-refractivity contribution in [2.45, 2.75) is 10.8 Å². The molecule has 1 aromatic heterocycles. The molecule has 0 aliphatic heterocycles. The lowest BCUT2D eigenvalue weighted by molar-refractivity contribution is 0.467. The molecule has 0 radical (unpaired) electrons. The Kier molecular flexibility index (Phi) is 3.85. The Morgan fingerprint density at radius 3 is 2.63 bits per heavy atom. The van der Waals surface area contributed by atoms with E-state index in [0.717, 1.165) is 11.3 Å². The molecule has 0 amide bonds. The first-order valence-electron chi connectivity index (χ1n) is 5.29. The maximum absolute atomic E-state index is 12.0. The molecule has 0 aliphatic carbocycles. The zero-order valence-electron chi connectivity index (χ0n) is 9.70. The van der Waals surface area contributed by atoms with Crippen LogP contribution in [-0.4, -0.2) is 13.5 Å². The van der Waals surface area contributed by atoms with Crippen molar-refractivity contribution in [1.29, 1.82) is 5.26 Å². The van der Waals surface area contributed by atoms with Crippen molar-refractivity contribution in [3.8, 4) is 11.8 Å². The third kappa shape index (κ3) is 3.12. The van der Waals surface area contributed by atoms with Gasteiger partial charge in [-0.15, -0.1) is 11.3 Å². The average Bonchev–Trinajstić information content (AvgIpc) is 2.87. The summed E-state index contributed by atoms with van der Waals surface area (Å²) in [7, 11) is -3.66. The van der Waals surface area contributed by atoms with Gasteiger partial charge in [-0.3, -0.25) is 0 Å². The van der Waals surface area contributed by atoms with Gasteiger partial charge in [0.05, 0.1) is 0 Å². The van der Waals surface area contributed by atoms with E-state index < -0.39 is 10.0 Å². The van der Waals surface area contributed by atoms with Crippen LogP contribution >= 0.6 is 11.3 Å². The summed E-state index contributed by atoms with van der Waals surface area (Å²) in [4.78, 5) is 0.336. The second kappa shape index (κ2) is 5.40. The molecule has 0 spiro atoms. The van der Waals surface area contributed by atoms with E-state index in [4.69, 9.17) is 5.26 Å². The van der Waals surface area contributed by atoms with Gasteiger partial charge in [-0.25, -0.2) is 13.1 Å². The van der Waals surface area contributed by atoms with Gasteiger partial charge in [0.25, 0.3) is 0 Å². The van der Waals surface area contributed by atoms with E-state index in [-0.39, 0.29) is 16.5 Å². The summed E-state index contributed by atoms with van der Waals surface area (Å²) in [5, 5.41) is 18.2. The van der Waals surface area contributed by atoms with Crippen molar-refractivity contribution in [1.82, 2.24) is 4.72 Å². The Bertz CT molecular complexity index is 729. The molecule has 2 N–H and O–H groups in total. The molecule has 19 heavy (non-hydrogen) atoms. The molecule has 98 valence electrons. The number of hydrogen-bond donors (Lipinski definition) is 2. The van der Waals surface area contributed by atoms with Crippen molar-refractivity contribution in [2.75, 3.05) is 0 Å². The largest absolute Gasteiger partial charge is 0.508 e. The molecule has 0 unspecified atom stereocenters. The van der Waals surface area contributed by atoms with Gasteiger partial charge < -0.3 is 5.11 Å². The monoisotopic (exact) mass is 294 g/mol. The highest BCUT2D eigenvalue weighted by Crippen LogP contribution is 2.21. The molecule has 2 rings (SSSR count). The van der Waals surface area contributed by atoms with Gasteiger partial charge in [0.1, 0.15) is 20.9 Å². The van der Waals surface area contributed by atoms with Crippen molar-refractivity contribution in [3.63, 3.8) is 0 Å². The number of phenols is 1. The lowest BCUT2D eigenvalue weighted by atomic mass is 10.2. The third-order valence-electron chi connectivity index (χ3n) is 2.40. The van der Waals surface area contributed by atoms with E-state index in [2.05, 4.69) is 4.72 Å². The Hall–Kier alpha value is -1.88. The number of nitrogens with one attached hydrogen (secondary N) is 1. The number of thiophene rings is 1. The number of hydrogen-bond acceptors (Lipinski definition) is 5. The standard InChI is InChI=1S/C12H10N2O3S2/c13-7-10-5-6-12(18-10)19(16,17)14-8-9-3-1-2-4-11(9)15/h1-6,14-15H,8H2. The summed E-state index contributed by atoms with van der Waals surface area (Å²) in [6.45, 7) is -0.00517. The van der Waals surface area contributed by atoms with Crippen LogP contribution in [-0.2, 0) is 16.6 Å². The van der Waals surface area contributed by atoms with Crippen LogP contribution in [0, 0.1) is 11.3 Å². The van der Waals surface area contributed by atoms with Crippen LogP contribution in [0.5, 0.6) is 5.75 Å². The Labute approximate surface area is 114 Å². The molecule has 7 heteroatoms. The van der Waals surface area contributed by atoms with Gasteiger partial charge in [-0.05, 0) is 18.2 Å². The first-order valence-corrected chi connectivity index (χ1v) is 7.59. The van der Waals surface area contributed by atoms with Gasteiger partial charge in [0, 0.05) is 12.1 Å². The van der Waals surface area contributed by atoms with E-state index in [1.54, 1.807) is 18.2 Å². The summed E-state index contributed by atoms with van der Waals surface area (Å²) in [6, 6.07) is 11.2. The van der Waals surface area contributed by atoms with E-state index in [9.17, 15) is 13.5 Å². The Morgan fingerprint density at radius 2 is 2.00 bits per heavy atom. The van der Waals surface area contributed by atoms with Crippen molar-refractivity contribution < 1.29 is 13.5 Å². The molecule has 0 saturated heterocycles. The molecule has 1 heterocycles. The number of rotatable bonds is 4. The van der Waals surface area contributed by atoms with E-state index in [1.165, 1.54) is 18.2 Å². The summed E-state index contributed by atoms with van der Waals surface area (Å²) in [5.41, 5.74) is 0.489. The number of sulfonamides is 1. The fourth-order valence-corrected chi connectivity index (χ4v) is 3.58. The van der Waals surface area contributed by atoms with Crippen molar-refractivity contribution in [3.05, 3.63) is 46.8 Å². The molecular formula is C12H10N2O3S2. The van der Waals surface area contributed by atoms with Gasteiger partial charge in [-0.1, -0.05) is 18.2 Å². The molecule has 0 bridgehead atoms. The highest BCUT2D eigenvalue weighted by Gasteiger charge is 2.17. The first kappa shape index (κ1) is 13.5. The zero-order valence-corrected chi connectivity index (χ0v) is 11.3. The lowest BCUT2D eigenvalue weighted by Gasteiger charge is -2.06. The molecule has 0 atom stereocenters. The van der Waals surface area contributed by atoms with E-state index in [0.29, 0.717) is 10.4 Å². The highest BCUT2D eigenvalue weighted by atomic mass is 32.2. The fourth-order valence-electron chi connectivity index (χ4n) is 1.43. The molecular weight excluding hydrogens is 284 g/mol. The summed E-state index contributed by atoms with van der Waals surface area (Å²) < 4.78 is 26.4. The lowest BCUT2D eigenvalue weighted by Crippen LogP contribution is -2.22. The average molecular weight is 294 g/mol. The van der Waals surface area contributed by atoms with Crippen LogP contribution in [0.4, 0.5) is 0 Å². The third-order valence-corrected chi connectivity index (χ3v) is 5.28. The second-order valence-electron chi connectivity index (χ2n) is 3.68. The van der Waals surface area contributed by atoms with Crippen molar-refractivity contribution in [2.24, 2.45) is 0 Å². The number of nitriles is 1. The molecule has 5 nitrogen and oxygen atoms in total. The maximum atomic E-state index is 12.0. The number of para-hydroxylation sites is 1. The zero-order chi connectivity index (χ0) is 13.9. The minimum atomic E-state index is -3.66. The second-order valence-corrected chi connectivity index (χ2v) is 6.76. The van der Waals surface area contributed by atoms with E-state index >= 15 is 0 Å². The quantitative estimate of drug-likeness (QED) is 0.899. The minimum absolute atomic E-state index is 0.00517. The first-order chi connectivity index (χ1) is 9.03. The number of nitrogens with zero attached hydrogens (tertiary/aromatic N) is 1. The van der Waals surface area contributed by atoms with Crippen LogP contribution in [0.3, 0.4) is 0 Å². The molecule has 2 aromatic rings. The van der Waals surface area contributed by atoms with Gasteiger partial charge in [0.2, 0.25) is 10.0 Å². The number of phenolic OH excluding ortho intramolecular Hbond substituents is 1. The molecule has 0 saturated carbocycles. The Morgan fingerprint density at radius 1 is 1.26 bits per heavy atom. The maximum Gasteiger partial charge on any atom is 0.250 e. The summed E-state index contributed by atoms with van der Waals surface area (Å²) in [5.74, 6) is 0.0362. The number of aromatic hydroxyl groups is 1. The smallest absolute Gasteiger partial charge is 0.250 e. The topological polar surface area (TPSA) is 90.2 Å². The van der Waals surface area contributed by atoms with Crippen LogP contribution in [0.15, 0.2) is 40.6 Å². The minimum Gasteiger partial charge on any atom is -0.508 e. The van der Waals surface area contributed by atoms with Gasteiger partial charge >= 0.3 is 0 Å². The normalized spacial score (nSPS) is 11.1. The number of benzene rings is 1. The SMILES string of the molecule is N#Cc1ccc(S(=O)(=O)NCc2ccccc2O)s1. The van der Waals surface area contributed by atoms with Crippen LogP contribution < -0.4 is 4.72 Å². The van der Waals surface area contributed by atoms with Crippen molar-refractivity contribution >= 4 is 21.4 Å². The fraction of sp³-hybridized carbons (Fsp3) is 0.0833. The predicted molar refractivity (Wildman–Crippen MR) is 71.2 cm³/mol. The highest BCUT2D eigenvalue weighted by molar-refractivity contribution is 7.91. The van der Waals surface area contributed by atoms with Crippen LogP contribution in [0.1, 0.15) is 10.4 Å². The molecule has 0 fully saturated rings. The van der Waals surface area contributed by atoms with Crippen LogP contribution in [0.2, 0.25) is 0 Å². The van der Waals surface area contributed by atoms with Gasteiger partial charge in [0.15, 0.2) is 0 Å². The summed E-state index contributed by atoms with van der Waals surface area (Å²) in [6.07, 6.45) is 0. The summed E-state index contributed by atoms with van der Waals surface area (Å²) >= 11 is 0.905. The predicted octanol–water partition coefficient (Wildman–Crippen LogP) is 1.80. The van der Waals surface area contributed by atoms with Crippen LogP contribution in [0.25, 0.3) is 0 Å². The van der Waals surface area contributed by atoms with Gasteiger partial charge in [-0.2, -0.15) is 5.26 Å². The Balaban J connectivity index is 2.15. The van der Waals surface area contributed by atoms with E-state index in [1.807, 2.05) is 6.07 Å². The molecule has 0 aliphatic rings. The molecule has 1 aromatic carbocycles.